The summed E-state index contributed by atoms with van der Waals surface area (Å²) in [7, 11) is -4.10. The summed E-state index contributed by atoms with van der Waals surface area (Å²) in [5.41, 5.74) is 4.02. The van der Waals surface area contributed by atoms with E-state index in [1.165, 1.54) is 4.31 Å². The molecule has 3 aromatic carbocycles. The van der Waals surface area contributed by atoms with Crippen molar-refractivity contribution in [1.29, 1.82) is 0 Å². The Morgan fingerprint density at radius 3 is 2.10 bits per heavy atom. The Kier molecular flexibility index (Phi) is 11.1. The maximum absolute atomic E-state index is 14.2. The molecule has 1 N–H and O–H groups in total. The first-order chi connectivity index (χ1) is 19.5. The van der Waals surface area contributed by atoms with Crippen LogP contribution in [0.2, 0.25) is 0 Å². The van der Waals surface area contributed by atoms with Gasteiger partial charge in [-0.05, 0) is 81.8 Å². The zero-order chi connectivity index (χ0) is 30.2. The van der Waals surface area contributed by atoms with Gasteiger partial charge in [0.15, 0.2) is 0 Å². The van der Waals surface area contributed by atoms with Crippen LogP contribution in [0.1, 0.15) is 55.9 Å². The van der Waals surface area contributed by atoms with E-state index in [1.54, 1.807) is 35.2 Å². The topological polar surface area (TPSA) is 86.8 Å². The van der Waals surface area contributed by atoms with E-state index in [0.717, 1.165) is 28.7 Å². The van der Waals surface area contributed by atoms with Crippen LogP contribution in [0.5, 0.6) is 0 Å². The number of benzene rings is 3. The van der Waals surface area contributed by atoms with E-state index in [9.17, 15) is 18.0 Å². The van der Waals surface area contributed by atoms with Crippen LogP contribution in [0, 0.1) is 20.8 Å². The van der Waals surface area contributed by atoms with Gasteiger partial charge < -0.3 is 10.2 Å². The number of nitrogens with one attached hydrogen (secondary N) is 1. The van der Waals surface area contributed by atoms with Crippen molar-refractivity contribution < 1.29 is 18.0 Å². The highest BCUT2D eigenvalue weighted by Gasteiger charge is 2.34. The fourth-order valence-corrected chi connectivity index (χ4v) is 6.15. The molecule has 2 amide bonds. The third kappa shape index (κ3) is 8.19. The van der Waals surface area contributed by atoms with Crippen molar-refractivity contribution in [3.05, 3.63) is 95.1 Å². The van der Waals surface area contributed by atoms with Gasteiger partial charge in [0.05, 0.1) is 10.6 Å². The van der Waals surface area contributed by atoms with E-state index in [0.29, 0.717) is 18.5 Å². The molecule has 0 saturated carbocycles. The van der Waals surface area contributed by atoms with E-state index in [-0.39, 0.29) is 23.4 Å². The third-order valence-electron chi connectivity index (χ3n) is 7.39. The molecule has 0 aliphatic heterocycles. The fourth-order valence-electron chi connectivity index (χ4n) is 4.68. The van der Waals surface area contributed by atoms with Crippen LogP contribution in [0.25, 0.3) is 0 Å². The van der Waals surface area contributed by atoms with E-state index in [4.69, 9.17) is 0 Å². The molecule has 2 atom stereocenters. The molecule has 0 spiro atoms. The van der Waals surface area contributed by atoms with Gasteiger partial charge >= 0.3 is 0 Å². The first-order valence-electron chi connectivity index (χ1n) is 14.3. The molecule has 0 bridgehead atoms. The molecule has 0 aromatic heterocycles. The third-order valence-corrected chi connectivity index (χ3v) is 9.17. The molecule has 0 saturated heterocycles. The van der Waals surface area contributed by atoms with Crippen LogP contribution in [-0.4, -0.2) is 50.3 Å². The Morgan fingerprint density at radius 2 is 1.49 bits per heavy atom. The van der Waals surface area contributed by atoms with Gasteiger partial charge in [0.1, 0.15) is 12.6 Å². The SMILES string of the molecule is CC[C@@H](C)NC(=O)[C@H](CC)N(CCc1ccccc1)C(=O)CN(c1cc(C)ccc1C)S(=O)(=O)c1ccc(C)cc1. The molecule has 7 nitrogen and oxygen atoms in total. The molecule has 0 heterocycles. The highest BCUT2D eigenvalue weighted by atomic mass is 32.2. The Morgan fingerprint density at radius 1 is 0.854 bits per heavy atom. The molecule has 0 unspecified atom stereocenters. The number of anilines is 1. The predicted octanol–water partition coefficient (Wildman–Crippen LogP) is 5.57. The van der Waals surface area contributed by atoms with Crippen LogP contribution in [0.15, 0.2) is 77.7 Å². The lowest BCUT2D eigenvalue weighted by Gasteiger charge is -2.34. The minimum atomic E-state index is -4.10. The largest absolute Gasteiger partial charge is 0.352 e. The van der Waals surface area contributed by atoms with Crippen molar-refractivity contribution in [2.75, 3.05) is 17.4 Å². The summed E-state index contributed by atoms with van der Waals surface area (Å²) in [6, 6.07) is 21.2. The van der Waals surface area contributed by atoms with Crippen molar-refractivity contribution in [3.63, 3.8) is 0 Å². The predicted molar refractivity (Wildman–Crippen MR) is 165 cm³/mol. The lowest BCUT2D eigenvalue weighted by atomic mass is 10.1. The lowest BCUT2D eigenvalue weighted by Crippen LogP contribution is -2.54. The fraction of sp³-hybridized carbons (Fsp3) is 0.394. The Bertz CT molecular complexity index is 1420. The van der Waals surface area contributed by atoms with Crippen molar-refractivity contribution in [2.24, 2.45) is 0 Å². The van der Waals surface area contributed by atoms with Crippen LogP contribution in [0.4, 0.5) is 5.69 Å². The van der Waals surface area contributed by atoms with Crippen molar-refractivity contribution in [2.45, 2.75) is 77.8 Å². The van der Waals surface area contributed by atoms with E-state index >= 15 is 0 Å². The van der Waals surface area contributed by atoms with Crippen molar-refractivity contribution in [1.82, 2.24) is 10.2 Å². The quantitative estimate of drug-likeness (QED) is 0.288. The molecule has 0 fully saturated rings. The molecule has 8 heteroatoms. The summed E-state index contributed by atoms with van der Waals surface area (Å²) in [4.78, 5) is 29.2. The first-order valence-corrected chi connectivity index (χ1v) is 15.7. The van der Waals surface area contributed by atoms with Gasteiger partial charge in [0, 0.05) is 12.6 Å². The number of carbonyl (C=O) groups excluding carboxylic acids is 2. The summed E-state index contributed by atoms with van der Waals surface area (Å²) in [6.07, 6.45) is 1.69. The second-order valence-corrected chi connectivity index (χ2v) is 12.5. The smallest absolute Gasteiger partial charge is 0.264 e. The second-order valence-electron chi connectivity index (χ2n) is 10.7. The van der Waals surface area contributed by atoms with E-state index < -0.39 is 28.5 Å². The zero-order valence-corrected chi connectivity index (χ0v) is 25.9. The van der Waals surface area contributed by atoms with Crippen LogP contribution < -0.4 is 9.62 Å². The van der Waals surface area contributed by atoms with Gasteiger partial charge in [-0.15, -0.1) is 0 Å². The van der Waals surface area contributed by atoms with Crippen LogP contribution in [-0.2, 0) is 26.0 Å². The molecule has 220 valence electrons. The Balaban J connectivity index is 2.05. The minimum absolute atomic E-state index is 0.0454. The maximum atomic E-state index is 14.2. The normalized spacial score (nSPS) is 12.8. The van der Waals surface area contributed by atoms with Crippen LogP contribution in [0.3, 0.4) is 0 Å². The number of sulfonamides is 1. The highest BCUT2D eigenvalue weighted by molar-refractivity contribution is 7.92. The monoisotopic (exact) mass is 577 g/mol. The zero-order valence-electron chi connectivity index (χ0n) is 25.1. The summed E-state index contributed by atoms with van der Waals surface area (Å²) >= 11 is 0. The van der Waals surface area contributed by atoms with Gasteiger partial charge in [0.25, 0.3) is 10.0 Å². The molecule has 0 radical (unpaired) electrons. The first kappa shape index (κ1) is 31.9. The molecule has 0 aliphatic rings. The molecular formula is C33H43N3O4S. The number of aryl methyl sites for hydroxylation is 3. The number of hydrogen-bond donors (Lipinski definition) is 1. The number of carbonyl (C=O) groups is 2. The van der Waals surface area contributed by atoms with Crippen LogP contribution >= 0.6 is 0 Å². The number of rotatable bonds is 13. The molecule has 41 heavy (non-hydrogen) atoms. The van der Waals surface area contributed by atoms with Crippen molar-refractivity contribution in [3.8, 4) is 0 Å². The van der Waals surface area contributed by atoms with E-state index in [1.807, 2.05) is 84.0 Å². The summed E-state index contributed by atoms with van der Waals surface area (Å²) < 4.78 is 29.3. The van der Waals surface area contributed by atoms with Gasteiger partial charge in [-0.3, -0.25) is 13.9 Å². The molecule has 3 rings (SSSR count). The number of nitrogens with zero attached hydrogens (tertiary/aromatic N) is 2. The average Bonchev–Trinajstić information content (AvgIpc) is 2.95. The van der Waals surface area contributed by atoms with Gasteiger partial charge in [-0.2, -0.15) is 0 Å². The minimum Gasteiger partial charge on any atom is -0.352 e. The van der Waals surface area contributed by atoms with Crippen molar-refractivity contribution >= 4 is 27.5 Å². The molecule has 0 aliphatic carbocycles. The summed E-state index contributed by atoms with van der Waals surface area (Å²) in [5, 5.41) is 3.01. The number of amides is 2. The summed E-state index contributed by atoms with van der Waals surface area (Å²) in [6.45, 7) is 11.2. The Labute approximate surface area is 245 Å². The molecule has 3 aromatic rings. The highest BCUT2D eigenvalue weighted by Crippen LogP contribution is 2.28. The summed E-state index contributed by atoms with van der Waals surface area (Å²) in [5.74, 6) is -0.661. The van der Waals surface area contributed by atoms with Gasteiger partial charge in [-0.25, -0.2) is 8.42 Å². The van der Waals surface area contributed by atoms with Gasteiger partial charge in [-0.1, -0.05) is 74.0 Å². The van der Waals surface area contributed by atoms with Gasteiger partial charge in [0.2, 0.25) is 11.8 Å². The van der Waals surface area contributed by atoms with E-state index in [2.05, 4.69) is 5.32 Å². The standard InChI is InChI=1S/C33H43N3O4S/c1-7-27(6)34-33(38)30(8-2)35(21-20-28-12-10-9-11-13-28)32(37)23-36(31-22-25(4)14-17-26(31)5)41(39,40)29-18-15-24(3)16-19-29/h9-19,22,27,30H,7-8,20-21,23H2,1-6H3,(H,34,38)/t27-,30+/m1/s1. The Hall–Kier alpha value is -3.65. The number of hydrogen-bond acceptors (Lipinski definition) is 4. The average molecular weight is 578 g/mol. The molecular weight excluding hydrogens is 534 g/mol. The second kappa shape index (κ2) is 14.3. The lowest BCUT2D eigenvalue weighted by molar-refractivity contribution is -0.139. The maximum Gasteiger partial charge on any atom is 0.264 e.